The summed E-state index contributed by atoms with van der Waals surface area (Å²) in [5, 5.41) is 25.2. The van der Waals surface area contributed by atoms with Gasteiger partial charge < -0.3 is 20.5 Å². The van der Waals surface area contributed by atoms with Crippen LogP contribution in [0.4, 0.5) is 17.1 Å². The number of amides is 1. The third-order valence-electron chi connectivity index (χ3n) is 3.59. The van der Waals surface area contributed by atoms with Crippen molar-refractivity contribution in [3.05, 3.63) is 64.2 Å². The maximum atomic E-state index is 12.4. The van der Waals surface area contributed by atoms with Gasteiger partial charge in [-0.25, -0.2) is 4.79 Å². The largest absolute Gasteiger partial charge is 0.449 e. The van der Waals surface area contributed by atoms with E-state index < -0.39 is 22.9 Å². The molecule has 0 aliphatic carbocycles. The lowest BCUT2D eigenvalue weighted by molar-refractivity contribution is -0.383. The van der Waals surface area contributed by atoms with Crippen molar-refractivity contribution < 1.29 is 24.4 Å². The van der Waals surface area contributed by atoms with Crippen molar-refractivity contribution in [1.82, 2.24) is 0 Å². The van der Waals surface area contributed by atoms with Crippen LogP contribution in [0, 0.1) is 10.1 Å². The number of carbonyl (C=O) groups is 2. The van der Waals surface area contributed by atoms with Gasteiger partial charge in [0.25, 0.3) is 11.6 Å². The summed E-state index contributed by atoms with van der Waals surface area (Å²) in [7, 11) is 0. The molecule has 1 amide bonds. The minimum Gasteiger partial charge on any atom is -0.449 e. The van der Waals surface area contributed by atoms with Crippen LogP contribution in [0.5, 0.6) is 0 Å². The summed E-state index contributed by atoms with van der Waals surface area (Å²) in [5.41, 5.74) is 0.419. The highest BCUT2D eigenvalue weighted by molar-refractivity contribution is 6.00. The second-order valence-corrected chi connectivity index (χ2v) is 5.51. The van der Waals surface area contributed by atoms with E-state index in [0.29, 0.717) is 5.69 Å². The molecule has 0 aliphatic rings. The molecule has 2 aromatic rings. The lowest BCUT2D eigenvalue weighted by Gasteiger charge is -2.15. The van der Waals surface area contributed by atoms with E-state index in [2.05, 4.69) is 10.6 Å². The molecule has 0 radical (unpaired) electrons. The number of ether oxygens (including phenoxy) is 1. The summed E-state index contributed by atoms with van der Waals surface area (Å²) in [5.74, 6) is -1.43. The molecule has 0 unspecified atom stereocenters. The first-order chi connectivity index (χ1) is 12.9. The molecule has 0 aliphatic heterocycles. The van der Waals surface area contributed by atoms with Crippen LogP contribution in [0.2, 0.25) is 0 Å². The molecule has 0 saturated heterocycles. The number of nitro groups is 1. The smallest absolute Gasteiger partial charge is 0.341 e. The van der Waals surface area contributed by atoms with Crippen LogP contribution in [-0.4, -0.2) is 41.2 Å². The van der Waals surface area contributed by atoms with Crippen LogP contribution in [-0.2, 0) is 9.53 Å². The van der Waals surface area contributed by atoms with E-state index in [9.17, 15) is 19.7 Å². The Bertz CT molecular complexity index is 839. The fourth-order valence-electron chi connectivity index (χ4n) is 2.26. The highest BCUT2D eigenvalue weighted by Gasteiger charge is 2.23. The van der Waals surface area contributed by atoms with Crippen molar-refractivity contribution in [2.45, 2.75) is 13.0 Å². The molecule has 0 fully saturated rings. The van der Waals surface area contributed by atoms with Gasteiger partial charge in [-0.05, 0) is 25.1 Å². The van der Waals surface area contributed by atoms with Crippen molar-refractivity contribution in [2.24, 2.45) is 0 Å². The van der Waals surface area contributed by atoms with Gasteiger partial charge >= 0.3 is 5.97 Å². The average Bonchev–Trinajstić information content (AvgIpc) is 2.66. The number of esters is 1. The van der Waals surface area contributed by atoms with Crippen LogP contribution in [0.25, 0.3) is 0 Å². The Morgan fingerprint density at radius 3 is 2.44 bits per heavy atom. The topological polar surface area (TPSA) is 131 Å². The summed E-state index contributed by atoms with van der Waals surface area (Å²) >= 11 is 0. The fourth-order valence-corrected chi connectivity index (χ4v) is 2.26. The zero-order valence-corrected chi connectivity index (χ0v) is 14.5. The van der Waals surface area contributed by atoms with Crippen LogP contribution in [0.3, 0.4) is 0 Å². The molecule has 0 heterocycles. The van der Waals surface area contributed by atoms with Crippen molar-refractivity contribution in [1.29, 1.82) is 0 Å². The summed E-state index contributed by atoms with van der Waals surface area (Å²) < 4.78 is 5.17. The molecule has 0 saturated carbocycles. The zero-order valence-electron chi connectivity index (χ0n) is 14.5. The average molecular weight is 373 g/mol. The quantitative estimate of drug-likeness (QED) is 0.367. The molecule has 0 bridgehead atoms. The van der Waals surface area contributed by atoms with E-state index in [0.717, 1.165) is 0 Å². The molecule has 9 heteroatoms. The van der Waals surface area contributed by atoms with Gasteiger partial charge in [-0.1, -0.05) is 24.3 Å². The third-order valence-corrected chi connectivity index (χ3v) is 3.59. The normalized spacial score (nSPS) is 11.3. The van der Waals surface area contributed by atoms with Gasteiger partial charge in [-0.3, -0.25) is 14.9 Å². The van der Waals surface area contributed by atoms with E-state index in [1.807, 2.05) is 0 Å². The second-order valence-electron chi connectivity index (χ2n) is 5.51. The molecule has 0 spiro atoms. The first kappa shape index (κ1) is 19.9. The number of carbonyl (C=O) groups excluding carboxylic acids is 2. The summed E-state index contributed by atoms with van der Waals surface area (Å²) in [6, 6.07) is 12.2. The zero-order chi connectivity index (χ0) is 19.8. The fraction of sp³-hybridized carbons (Fsp3) is 0.222. The van der Waals surface area contributed by atoms with Gasteiger partial charge in [0.15, 0.2) is 6.10 Å². The lowest BCUT2D eigenvalue weighted by atomic mass is 10.1. The molecule has 1 atom stereocenters. The number of hydrogen-bond donors (Lipinski definition) is 3. The summed E-state index contributed by atoms with van der Waals surface area (Å²) in [6.45, 7) is 1.50. The Hall–Kier alpha value is -3.46. The van der Waals surface area contributed by atoms with Gasteiger partial charge in [0, 0.05) is 18.3 Å². The van der Waals surface area contributed by atoms with E-state index in [1.165, 1.54) is 31.2 Å². The summed E-state index contributed by atoms with van der Waals surface area (Å²) in [4.78, 5) is 35.0. The highest BCUT2D eigenvalue weighted by Crippen LogP contribution is 2.23. The standard InChI is InChI=1S/C18H19N3O6/c1-12(17(23)20-15-8-4-5-9-16(15)21(25)26)27-18(24)13-6-2-3-7-14(13)19-10-11-22/h2-9,12,19,22H,10-11H2,1H3,(H,20,23)/t12-/m1/s1. The minimum atomic E-state index is -1.18. The summed E-state index contributed by atoms with van der Waals surface area (Å²) in [6.07, 6.45) is -1.18. The van der Waals surface area contributed by atoms with Gasteiger partial charge in [-0.2, -0.15) is 0 Å². The Balaban J connectivity index is 2.07. The molecule has 9 nitrogen and oxygen atoms in total. The number of nitro benzene ring substituents is 1. The number of nitrogens with zero attached hydrogens (tertiary/aromatic N) is 1. The first-order valence-electron chi connectivity index (χ1n) is 8.13. The maximum absolute atomic E-state index is 12.4. The van der Waals surface area contributed by atoms with Crippen molar-refractivity contribution in [3.63, 3.8) is 0 Å². The van der Waals surface area contributed by atoms with E-state index in [-0.39, 0.29) is 30.1 Å². The molecule has 2 aromatic carbocycles. The number of hydrogen-bond acceptors (Lipinski definition) is 7. The van der Waals surface area contributed by atoms with Gasteiger partial charge in [-0.15, -0.1) is 0 Å². The molecular formula is C18H19N3O6. The Morgan fingerprint density at radius 2 is 1.78 bits per heavy atom. The molecule has 3 N–H and O–H groups in total. The molecule has 142 valence electrons. The van der Waals surface area contributed by atoms with Crippen molar-refractivity contribution in [3.8, 4) is 0 Å². The van der Waals surface area contributed by atoms with Crippen LogP contribution in [0.1, 0.15) is 17.3 Å². The Kier molecular flexibility index (Phi) is 6.84. The maximum Gasteiger partial charge on any atom is 0.341 e. The van der Waals surface area contributed by atoms with Gasteiger partial charge in [0.2, 0.25) is 0 Å². The number of para-hydroxylation sites is 3. The molecule has 27 heavy (non-hydrogen) atoms. The van der Waals surface area contributed by atoms with Gasteiger partial charge in [0.1, 0.15) is 5.69 Å². The van der Waals surface area contributed by atoms with E-state index >= 15 is 0 Å². The number of aliphatic hydroxyl groups is 1. The number of anilines is 2. The number of benzene rings is 2. The van der Waals surface area contributed by atoms with Crippen LogP contribution < -0.4 is 10.6 Å². The molecule has 0 aromatic heterocycles. The van der Waals surface area contributed by atoms with Crippen LogP contribution in [0.15, 0.2) is 48.5 Å². The number of rotatable bonds is 8. The number of aliphatic hydroxyl groups excluding tert-OH is 1. The van der Waals surface area contributed by atoms with Crippen LogP contribution >= 0.6 is 0 Å². The highest BCUT2D eigenvalue weighted by atomic mass is 16.6. The lowest BCUT2D eigenvalue weighted by Crippen LogP contribution is -2.30. The predicted molar refractivity (Wildman–Crippen MR) is 98.6 cm³/mol. The predicted octanol–water partition coefficient (Wildman–Crippen LogP) is 2.18. The van der Waals surface area contributed by atoms with Crippen molar-refractivity contribution >= 4 is 28.9 Å². The third kappa shape index (κ3) is 5.25. The van der Waals surface area contributed by atoms with Gasteiger partial charge in [0.05, 0.1) is 17.1 Å². The Labute approximate surface area is 155 Å². The molecule has 2 rings (SSSR count). The van der Waals surface area contributed by atoms with Crippen molar-refractivity contribution in [2.75, 3.05) is 23.8 Å². The minimum absolute atomic E-state index is 0.0143. The first-order valence-corrected chi connectivity index (χ1v) is 8.13. The Morgan fingerprint density at radius 1 is 1.15 bits per heavy atom. The number of nitrogens with one attached hydrogen (secondary N) is 2. The SMILES string of the molecule is C[C@@H](OC(=O)c1ccccc1NCCO)C(=O)Nc1ccccc1[N+](=O)[O-]. The monoisotopic (exact) mass is 373 g/mol. The van der Waals surface area contributed by atoms with E-state index in [4.69, 9.17) is 9.84 Å². The molecular weight excluding hydrogens is 354 g/mol. The van der Waals surface area contributed by atoms with E-state index in [1.54, 1.807) is 24.3 Å². The second kappa shape index (κ2) is 9.30.